The molecule has 1 N–H and O–H groups in total. The van der Waals surface area contributed by atoms with Gasteiger partial charge in [0.1, 0.15) is 0 Å². The summed E-state index contributed by atoms with van der Waals surface area (Å²) in [6.07, 6.45) is 0.611. The van der Waals surface area contributed by atoms with Crippen LogP contribution in [-0.2, 0) is 11.8 Å². The van der Waals surface area contributed by atoms with Crippen LogP contribution in [0.3, 0.4) is 0 Å². The largest absolute Gasteiger partial charge is 0.391 e. The van der Waals surface area contributed by atoms with Gasteiger partial charge in [-0.1, -0.05) is 6.42 Å². The number of amides is 1. The maximum Gasteiger partial charge on any atom is 0.391 e. The molecule has 1 aromatic rings. The van der Waals surface area contributed by atoms with E-state index in [0.29, 0.717) is 31.6 Å². The van der Waals surface area contributed by atoms with Crippen molar-refractivity contribution in [2.24, 2.45) is 13.0 Å². The van der Waals surface area contributed by atoms with Gasteiger partial charge in [-0.05, 0) is 32.1 Å². The summed E-state index contributed by atoms with van der Waals surface area (Å²) in [6.45, 7) is 0.601. The molecule has 2 heterocycles. The van der Waals surface area contributed by atoms with Crippen molar-refractivity contribution in [2.45, 2.75) is 56.8 Å². The van der Waals surface area contributed by atoms with E-state index in [2.05, 4.69) is 10.4 Å². The average molecular weight is 344 g/mol. The second-order valence-corrected chi connectivity index (χ2v) is 6.80. The first kappa shape index (κ1) is 17.3. The van der Waals surface area contributed by atoms with E-state index in [1.165, 1.54) is 0 Å². The molecule has 0 unspecified atom stereocenters. The Labute approximate surface area is 139 Å². The molecule has 0 bridgehead atoms. The highest BCUT2D eigenvalue weighted by molar-refractivity contribution is 5.97. The number of hydrogen-bond donors (Lipinski definition) is 1. The van der Waals surface area contributed by atoms with Crippen LogP contribution in [0.15, 0.2) is 12.3 Å². The molecule has 2 aliphatic rings. The molecule has 5 nitrogen and oxygen atoms in total. The van der Waals surface area contributed by atoms with Gasteiger partial charge in [0.2, 0.25) is 5.91 Å². The zero-order valence-electron chi connectivity index (χ0n) is 13.7. The minimum Gasteiger partial charge on any atom is -0.303 e. The molecule has 0 radical (unpaired) electrons. The van der Waals surface area contributed by atoms with Gasteiger partial charge in [0.25, 0.3) is 0 Å². The number of aromatic nitrogens is 2. The van der Waals surface area contributed by atoms with Gasteiger partial charge in [0, 0.05) is 31.9 Å². The zero-order chi connectivity index (χ0) is 17.3. The van der Waals surface area contributed by atoms with Gasteiger partial charge >= 0.3 is 6.18 Å². The molecular formula is C16H23F3N4O. The van der Waals surface area contributed by atoms with Gasteiger partial charge in [-0.2, -0.15) is 18.3 Å². The summed E-state index contributed by atoms with van der Waals surface area (Å²) in [7, 11) is 1.78. The molecule has 2 fully saturated rings. The lowest BCUT2D eigenvalue weighted by atomic mass is 9.84. The number of piperidine rings is 1. The van der Waals surface area contributed by atoms with Crippen molar-refractivity contribution in [3.05, 3.63) is 12.3 Å². The van der Waals surface area contributed by atoms with Crippen molar-refractivity contribution in [3.63, 3.8) is 0 Å². The number of anilines is 1. The first-order chi connectivity index (χ1) is 11.3. The standard InChI is InChI=1S/C16H23F3N4O/c1-22-9-7-14(21-22)23-8-3-6-13(15(23)24)20-12-5-2-4-11(10-12)16(17,18)19/h7,9,11-13,20H,2-6,8,10H2,1H3/t11-,12+,13-/m0/s1. The lowest BCUT2D eigenvalue weighted by Gasteiger charge is -2.36. The van der Waals surface area contributed by atoms with Crippen LogP contribution >= 0.6 is 0 Å². The number of carbonyl (C=O) groups excluding carboxylic acids is 1. The Morgan fingerprint density at radius 1 is 1.25 bits per heavy atom. The first-order valence-corrected chi connectivity index (χ1v) is 8.48. The molecular weight excluding hydrogens is 321 g/mol. The van der Waals surface area contributed by atoms with Crippen LogP contribution in [-0.4, -0.2) is 40.5 Å². The minimum absolute atomic E-state index is 0.0663. The molecule has 8 heteroatoms. The van der Waals surface area contributed by atoms with Crippen LogP contribution in [0.1, 0.15) is 38.5 Å². The Balaban J connectivity index is 1.63. The van der Waals surface area contributed by atoms with Gasteiger partial charge < -0.3 is 5.32 Å². The van der Waals surface area contributed by atoms with E-state index >= 15 is 0 Å². The Bertz CT molecular complexity index is 586. The molecule has 0 aromatic carbocycles. The Kier molecular flexibility index (Phi) is 4.85. The van der Waals surface area contributed by atoms with Crippen molar-refractivity contribution in [1.82, 2.24) is 15.1 Å². The van der Waals surface area contributed by atoms with E-state index in [4.69, 9.17) is 0 Å². The minimum atomic E-state index is -4.14. The summed E-state index contributed by atoms with van der Waals surface area (Å²) in [5, 5.41) is 7.45. The fourth-order valence-electron chi connectivity index (χ4n) is 3.73. The van der Waals surface area contributed by atoms with Gasteiger partial charge in [-0.25, -0.2) is 0 Å². The number of aryl methyl sites for hydroxylation is 1. The van der Waals surface area contributed by atoms with Gasteiger partial charge in [-0.3, -0.25) is 14.4 Å². The highest BCUT2D eigenvalue weighted by atomic mass is 19.4. The molecule has 1 saturated carbocycles. The second-order valence-electron chi connectivity index (χ2n) is 6.80. The number of carbonyl (C=O) groups is 1. The van der Waals surface area contributed by atoms with E-state index in [-0.39, 0.29) is 24.8 Å². The lowest BCUT2D eigenvalue weighted by Crippen LogP contribution is -2.54. The summed E-state index contributed by atoms with van der Waals surface area (Å²) in [5.74, 6) is -0.741. The topological polar surface area (TPSA) is 50.2 Å². The Morgan fingerprint density at radius 3 is 2.71 bits per heavy atom. The average Bonchev–Trinajstić information content (AvgIpc) is 2.95. The molecule has 1 aliphatic heterocycles. The third-order valence-corrected chi connectivity index (χ3v) is 4.99. The molecule has 134 valence electrons. The van der Waals surface area contributed by atoms with Crippen molar-refractivity contribution in [2.75, 3.05) is 11.4 Å². The summed E-state index contributed by atoms with van der Waals surface area (Å²) < 4.78 is 40.5. The quantitative estimate of drug-likeness (QED) is 0.917. The monoisotopic (exact) mass is 344 g/mol. The summed E-state index contributed by atoms with van der Waals surface area (Å²) in [4.78, 5) is 14.3. The number of halogens is 3. The van der Waals surface area contributed by atoms with Crippen LogP contribution < -0.4 is 10.2 Å². The van der Waals surface area contributed by atoms with E-state index < -0.39 is 18.1 Å². The normalized spacial score (nSPS) is 29.1. The molecule has 1 aromatic heterocycles. The van der Waals surface area contributed by atoms with Crippen LogP contribution in [0.4, 0.5) is 19.0 Å². The van der Waals surface area contributed by atoms with E-state index in [1.54, 1.807) is 28.9 Å². The zero-order valence-corrected chi connectivity index (χ0v) is 13.7. The van der Waals surface area contributed by atoms with Crippen molar-refractivity contribution >= 4 is 11.7 Å². The summed E-state index contributed by atoms with van der Waals surface area (Å²) in [5.41, 5.74) is 0. The second kappa shape index (κ2) is 6.74. The first-order valence-electron chi connectivity index (χ1n) is 8.48. The maximum absolute atomic E-state index is 12.9. The highest BCUT2D eigenvalue weighted by Crippen LogP contribution is 2.37. The molecule has 24 heavy (non-hydrogen) atoms. The van der Waals surface area contributed by atoms with Crippen LogP contribution in [0.2, 0.25) is 0 Å². The molecule has 1 aliphatic carbocycles. The smallest absolute Gasteiger partial charge is 0.303 e. The van der Waals surface area contributed by atoms with Crippen molar-refractivity contribution in [3.8, 4) is 0 Å². The van der Waals surface area contributed by atoms with Crippen LogP contribution in [0.25, 0.3) is 0 Å². The molecule has 3 rings (SSSR count). The fraction of sp³-hybridized carbons (Fsp3) is 0.750. The highest BCUT2D eigenvalue weighted by Gasteiger charge is 2.43. The van der Waals surface area contributed by atoms with E-state index in [1.807, 2.05) is 0 Å². The molecule has 1 saturated heterocycles. The molecule has 1 amide bonds. The van der Waals surface area contributed by atoms with Crippen molar-refractivity contribution < 1.29 is 18.0 Å². The van der Waals surface area contributed by atoms with Crippen LogP contribution in [0, 0.1) is 5.92 Å². The van der Waals surface area contributed by atoms with Gasteiger partial charge in [-0.15, -0.1) is 0 Å². The predicted octanol–water partition coefficient (Wildman–Crippen LogP) is 2.63. The van der Waals surface area contributed by atoms with Gasteiger partial charge in [0.05, 0.1) is 12.0 Å². The Hall–Kier alpha value is -1.57. The van der Waals surface area contributed by atoms with Crippen LogP contribution in [0.5, 0.6) is 0 Å². The summed E-state index contributed by atoms with van der Waals surface area (Å²) >= 11 is 0. The SMILES string of the molecule is Cn1ccc(N2CCC[C@H](N[C@@H]3CCC[C@H](C(F)(F)F)C3)C2=O)n1. The van der Waals surface area contributed by atoms with Gasteiger partial charge in [0.15, 0.2) is 5.82 Å². The molecule has 0 spiro atoms. The summed E-state index contributed by atoms with van der Waals surface area (Å²) in [6, 6.07) is 1.11. The van der Waals surface area contributed by atoms with E-state index in [0.717, 1.165) is 6.42 Å². The molecule has 3 atom stereocenters. The number of nitrogens with one attached hydrogen (secondary N) is 1. The fourth-order valence-corrected chi connectivity index (χ4v) is 3.73. The third kappa shape index (κ3) is 3.74. The van der Waals surface area contributed by atoms with E-state index in [9.17, 15) is 18.0 Å². The number of alkyl halides is 3. The predicted molar refractivity (Wildman–Crippen MR) is 83.5 cm³/mol. The number of rotatable bonds is 3. The number of nitrogens with zero attached hydrogens (tertiary/aromatic N) is 3. The third-order valence-electron chi connectivity index (χ3n) is 4.99. The number of hydrogen-bond acceptors (Lipinski definition) is 3. The maximum atomic E-state index is 12.9. The Morgan fingerprint density at radius 2 is 2.04 bits per heavy atom. The lowest BCUT2D eigenvalue weighted by molar-refractivity contribution is -0.183. The van der Waals surface area contributed by atoms with Crippen molar-refractivity contribution in [1.29, 1.82) is 0 Å².